The molecule has 0 unspecified atom stereocenters. The van der Waals surface area contributed by atoms with Crippen LogP contribution in [0.2, 0.25) is 0 Å². The summed E-state index contributed by atoms with van der Waals surface area (Å²) in [5, 5.41) is 4.01. The zero-order chi connectivity index (χ0) is 7.44. The SMILES string of the molecule is C=[N+](C)C(C)=C(C)[N-]C. The second-order valence-electron chi connectivity index (χ2n) is 2.09. The lowest BCUT2D eigenvalue weighted by Crippen LogP contribution is -2.00. The molecule has 0 aromatic carbocycles. The molecule has 0 bridgehead atoms. The molecule has 0 saturated heterocycles. The van der Waals surface area contributed by atoms with Crippen LogP contribution in [0.3, 0.4) is 0 Å². The van der Waals surface area contributed by atoms with Crippen LogP contribution in [0.5, 0.6) is 0 Å². The quantitative estimate of drug-likeness (QED) is 0.395. The van der Waals surface area contributed by atoms with E-state index in [0.717, 1.165) is 11.4 Å². The van der Waals surface area contributed by atoms with E-state index < -0.39 is 0 Å². The summed E-state index contributed by atoms with van der Waals surface area (Å²) in [5.41, 5.74) is 2.14. The molecule has 9 heavy (non-hydrogen) atoms. The third-order valence-electron chi connectivity index (χ3n) is 1.43. The van der Waals surface area contributed by atoms with Crippen LogP contribution in [0.25, 0.3) is 5.32 Å². The van der Waals surface area contributed by atoms with E-state index in [9.17, 15) is 0 Å². The molecule has 0 rings (SSSR count). The summed E-state index contributed by atoms with van der Waals surface area (Å²) < 4.78 is 1.81. The predicted molar refractivity (Wildman–Crippen MR) is 41.0 cm³/mol. The van der Waals surface area contributed by atoms with Crippen molar-refractivity contribution in [1.29, 1.82) is 0 Å². The molecule has 0 heterocycles. The molecule has 0 aromatic rings. The molecular weight excluding hydrogens is 112 g/mol. The van der Waals surface area contributed by atoms with Gasteiger partial charge in [0, 0.05) is 6.92 Å². The number of hydrogen-bond acceptors (Lipinski definition) is 0. The van der Waals surface area contributed by atoms with Crippen LogP contribution in [-0.4, -0.2) is 25.4 Å². The highest BCUT2D eigenvalue weighted by molar-refractivity contribution is 5.21. The van der Waals surface area contributed by atoms with E-state index >= 15 is 0 Å². The lowest BCUT2D eigenvalue weighted by atomic mass is 10.4. The largest absolute Gasteiger partial charge is 0.686 e. The van der Waals surface area contributed by atoms with Crippen LogP contribution >= 0.6 is 0 Å². The Balaban J connectivity index is 4.28. The van der Waals surface area contributed by atoms with Gasteiger partial charge in [-0.05, 0) is 0 Å². The normalized spacial score (nSPS) is 12.4. The molecule has 0 fully saturated rings. The van der Waals surface area contributed by atoms with E-state index in [1.165, 1.54) is 0 Å². The average Bonchev–Trinajstić information content (AvgIpc) is 1.84. The van der Waals surface area contributed by atoms with Gasteiger partial charge in [-0.2, -0.15) is 0 Å². The maximum atomic E-state index is 4.01. The Morgan fingerprint density at radius 2 is 1.89 bits per heavy atom. The third kappa shape index (κ3) is 2.31. The molecule has 2 nitrogen and oxygen atoms in total. The Bertz CT molecular complexity index is 145. The van der Waals surface area contributed by atoms with Gasteiger partial charge in [-0.15, -0.1) is 7.05 Å². The summed E-state index contributed by atoms with van der Waals surface area (Å²) in [7, 11) is 3.69. The maximum absolute atomic E-state index is 4.01. The molecule has 0 N–H and O–H groups in total. The van der Waals surface area contributed by atoms with E-state index in [-0.39, 0.29) is 0 Å². The highest BCUT2D eigenvalue weighted by Gasteiger charge is 1.93. The zero-order valence-corrected chi connectivity index (χ0v) is 6.60. The Hall–Kier alpha value is -0.790. The Morgan fingerprint density at radius 1 is 1.44 bits per heavy atom. The van der Waals surface area contributed by atoms with Crippen molar-refractivity contribution < 1.29 is 4.58 Å². The first-order valence-corrected chi connectivity index (χ1v) is 2.91. The van der Waals surface area contributed by atoms with Crippen molar-refractivity contribution in [2.75, 3.05) is 14.1 Å². The molecule has 0 radical (unpaired) electrons. The number of rotatable bonds is 2. The highest BCUT2D eigenvalue weighted by atomic mass is 15.0. The van der Waals surface area contributed by atoms with E-state index in [4.69, 9.17) is 0 Å². The van der Waals surface area contributed by atoms with Crippen LogP contribution in [0.1, 0.15) is 13.8 Å². The molecule has 0 aliphatic carbocycles. The lowest BCUT2D eigenvalue weighted by Gasteiger charge is -2.13. The van der Waals surface area contributed by atoms with Crippen molar-refractivity contribution >= 4 is 6.72 Å². The second kappa shape index (κ2) is 3.28. The number of allylic oxidation sites excluding steroid dienone is 2. The third-order valence-corrected chi connectivity index (χ3v) is 1.43. The van der Waals surface area contributed by atoms with E-state index in [1.54, 1.807) is 7.05 Å². The molecule has 0 amide bonds. The maximum Gasteiger partial charge on any atom is 0.158 e. The van der Waals surface area contributed by atoms with Gasteiger partial charge in [0.05, 0.1) is 0 Å². The van der Waals surface area contributed by atoms with Crippen LogP contribution in [0, 0.1) is 0 Å². The fourth-order valence-electron chi connectivity index (χ4n) is 0.438. The number of hydrogen-bond donors (Lipinski definition) is 0. The Morgan fingerprint density at radius 3 is 2.00 bits per heavy atom. The first-order valence-electron chi connectivity index (χ1n) is 2.91. The molecule has 0 atom stereocenters. The average molecular weight is 126 g/mol. The molecular formula is C7H14N2. The predicted octanol–water partition coefficient (Wildman–Crippen LogP) is 1.58. The van der Waals surface area contributed by atoms with Crippen molar-refractivity contribution in [2.45, 2.75) is 13.8 Å². The molecule has 0 saturated carbocycles. The minimum atomic E-state index is 1.03. The van der Waals surface area contributed by atoms with Gasteiger partial charge in [0.1, 0.15) is 13.8 Å². The highest BCUT2D eigenvalue weighted by Crippen LogP contribution is 2.06. The van der Waals surface area contributed by atoms with Gasteiger partial charge in [-0.1, -0.05) is 12.6 Å². The summed E-state index contributed by atoms with van der Waals surface area (Å²) >= 11 is 0. The van der Waals surface area contributed by atoms with Crippen LogP contribution in [-0.2, 0) is 0 Å². The van der Waals surface area contributed by atoms with Crippen LogP contribution < -0.4 is 0 Å². The summed E-state index contributed by atoms with van der Waals surface area (Å²) in [4.78, 5) is 0. The monoisotopic (exact) mass is 126 g/mol. The van der Waals surface area contributed by atoms with Crippen molar-refractivity contribution in [3.05, 3.63) is 16.7 Å². The number of nitrogens with zero attached hydrogens (tertiary/aromatic N) is 2. The van der Waals surface area contributed by atoms with Gasteiger partial charge in [-0.25, -0.2) is 4.58 Å². The fourth-order valence-corrected chi connectivity index (χ4v) is 0.438. The van der Waals surface area contributed by atoms with E-state index in [1.807, 2.05) is 25.5 Å². The Labute approximate surface area is 56.9 Å². The summed E-state index contributed by atoms with van der Waals surface area (Å²) in [6, 6.07) is 0. The van der Waals surface area contributed by atoms with Crippen molar-refractivity contribution in [1.82, 2.24) is 0 Å². The molecule has 2 heteroatoms. The van der Waals surface area contributed by atoms with Gasteiger partial charge in [0.2, 0.25) is 0 Å². The van der Waals surface area contributed by atoms with Crippen molar-refractivity contribution in [2.24, 2.45) is 0 Å². The van der Waals surface area contributed by atoms with Crippen molar-refractivity contribution in [3.8, 4) is 0 Å². The Kier molecular flexibility index (Phi) is 2.99. The van der Waals surface area contributed by atoms with Crippen LogP contribution in [0.15, 0.2) is 11.4 Å². The summed E-state index contributed by atoms with van der Waals surface area (Å²) in [6.45, 7) is 7.69. The van der Waals surface area contributed by atoms with Gasteiger partial charge >= 0.3 is 0 Å². The summed E-state index contributed by atoms with van der Waals surface area (Å²) in [5.74, 6) is 0. The van der Waals surface area contributed by atoms with Crippen molar-refractivity contribution in [3.63, 3.8) is 0 Å². The van der Waals surface area contributed by atoms with Gasteiger partial charge in [-0.3, -0.25) is 0 Å². The first kappa shape index (κ1) is 8.21. The first-order chi connectivity index (χ1) is 4.09. The minimum Gasteiger partial charge on any atom is -0.686 e. The van der Waals surface area contributed by atoms with E-state index in [2.05, 4.69) is 12.0 Å². The molecule has 0 aliphatic heterocycles. The molecule has 0 spiro atoms. The molecule has 0 aliphatic rings. The second-order valence-corrected chi connectivity index (χ2v) is 2.09. The minimum absolute atomic E-state index is 1.03. The fraction of sp³-hybridized carbons (Fsp3) is 0.571. The van der Waals surface area contributed by atoms with E-state index in [0.29, 0.717) is 0 Å². The van der Waals surface area contributed by atoms with Gasteiger partial charge in [0.25, 0.3) is 0 Å². The van der Waals surface area contributed by atoms with Crippen LogP contribution in [0.4, 0.5) is 0 Å². The van der Waals surface area contributed by atoms with Gasteiger partial charge in [0.15, 0.2) is 5.70 Å². The zero-order valence-electron chi connectivity index (χ0n) is 6.60. The lowest BCUT2D eigenvalue weighted by molar-refractivity contribution is -0.434. The molecule has 0 aromatic heterocycles. The topological polar surface area (TPSA) is 17.1 Å². The van der Waals surface area contributed by atoms with Gasteiger partial charge < -0.3 is 5.32 Å². The smallest absolute Gasteiger partial charge is 0.158 e. The molecule has 52 valence electrons. The standard InChI is InChI=1S/C7H14N2/c1-6(8-3)7(2)9(4)5/h4H2,1-3,5H3. The summed E-state index contributed by atoms with van der Waals surface area (Å²) in [6.07, 6.45) is 0.